The van der Waals surface area contributed by atoms with Crippen molar-refractivity contribution in [3.8, 4) is 11.4 Å². The molecule has 0 radical (unpaired) electrons. The van der Waals surface area contributed by atoms with Crippen LogP contribution in [0.25, 0.3) is 11.4 Å². The molecule has 116 valence electrons. The van der Waals surface area contributed by atoms with E-state index in [0.717, 1.165) is 0 Å². The second kappa shape index (κ2) is 6.09. The van der Waals surface area contributed by atoms with Crippen LogP contribution in [-0.2, 0) is 10.0 Å². The van der Waals surface area contributed by atoms with Gasteiger partial charge in [0.2, 0.25) is 5.95 Å². The van der Waals surface area contributed by atoms with Gasteiger partial charge in [-0.05, 0) is 25.1 Å². The Bertz CT molecular complexity index is 929. The van der Waals surface area contributed by atoms with Gasteiger partial charge in [0, 0.05) is 18.6 Å². The van der Waals surface area contributed by atoms with Crippen molar-refractivity contribution in [2.45, 2.75) is 11.8 Å². The smallest absolute Gasteiger partial charge is 0.258 e. The zero-order valence-corrected chi connectivity index (χ0v) is 13.0. The van der Waals surface area contributed by atoms with E-state index in [-0.39, 0.29) is 10.8 Å². The molecule has 7 nitrogen and oxygen atoms in total. The third-order valence-electron chi connectivity index (χ3n) is 3.06. The summed E-state index contributed by atoms with van der Waals surface area (Å²) in [6, 6.07) is 9.69. The highest BCUT2D eigenvalue weighted by Crippen LogP contribution is 2.18. The molecule has 1 N–H and O–H groups in total. The van der Waals surface area contributed by atoms with Gasteiger partial charge in [-0.25, -0.2) is 23.1 Å². The van der Waals surface area contributed by atoms with E-state index < -0.39 is 10.0 Å². The fourth-order valence-electron chi connectivity index (χ4n) is 1.98. The molecule has 0 bridgehead atoms. The molecular formula is C15H13N5O2S. The van der Waals surface area contributed by atoms with Gasteiger partial charge in [-0.3, -0.25) is 9.97 Å². The Hall–Kier alpha value is -2.87. The highest BCUT2D eigenvalue weighted by Gasteiger charge is 2.16. The molecule has 0 saturated heterocycles. The fraction of sp³-hybridized carbons (Fsp3) is 0.0667. The first-order valence-corrected chi connectivity index (χ1v) is 8.23. The SMILES string of the molecule is Cc1nccnc1-c1ccnc(NS(=O)(=O)c2ccccc2)n1. The van der Waals surface area contributed by atoms with Crippen LogP contribution in [0.3, 0.4) is 0 Å². The van der Waals surface area contributed by atoms with Gasteiger partial charge in [0.15, 0.2) is 0 Å². The van der Waals surface area contributed by atoms with Crippen LogP contribution in [0.15, 0.2) is 59.9 Å². The maximum atomic E-state index is 12.3. The number of sulfonamides is 1. The van der Waals surface area contributed by atoms with Crippen LogP contribution < -0.4 is 4.72 Å². The summed E-state index contributed by atoms with van der Waals surface area (Å²) in [7, 11) is -3.73. The fourth-order valence-corrected chi connectivity index (χ4v) is 2.95. The largest absolute Gasteiger partial charge is 0.264 e. The van der Waals surface area contributed by atoms with Crippen LogP contribution in [0.4, 0.5) is 5.95 Å². The van der Waals surface area contributed by atoms with E-state index in [4.69, 9.17) is 0 Å². The number of hydrogen-bond donors (Lipinski definition) is 1. The summed E-state index contributed by atoms with van der Waals surface area (Å²) in [6.07, 6.45) is 4.61. The van der Waals surface area contributed by atoms with E-state index in [1.807, 2.05) is 0 Å². The van der Waals surface area contributed by atoms with Crippen molar-refractivity contribution in [3.63, 3.8) is 0 Å². The lowest BCUT2D eigenvalue weighted by Crippen LogP contribution is -2.15. The zero-order chi connectivity index (χ0) is 16.3. The third-order valence-corrected chi connectivity index (χ3v) is 4.40. The Morgan fingerprint density at radius 3 is 2.39 bits per heavy atom. The highest BCUT2D eigenvalue weighted by atomic mass is 32.2. The second-order valence-corrected chi connectivity index (χ2v) is 6.36. The number of aryl methyl sites for hydroxylation is 1. The molecule has 3 aromatic rings. The van der Waals surface area contributed by atoms with Crippen LogP contribution >= 0.6 is 0 Å². The van der Waals surface area contributed by atoms with Crippen molar-refractivity contribution in [1.82, 2.24) is 19.9 Å². The lowest BCUT2D eigenvalue weighted by Gasteiger charge is -2.08. The van der Waals surface area contributed by atoms with Gasteiger partial charge < -0.3 is 0 Å². The third kappa shape index (κ3) is 3.32. The molecular weight excluding hydrogens is 314 g/mol. The van der Waals surface area contributed by atoms with Crippen molar-refractivity contribution >= 4 is 16.0 Å². The predicted octanol–water partition coefficient (Wildman–Crippen LogP) is 2.04. The van der Waals surface area contributed by atoms with Gasteiger partial charge in [0.1, 0.15) is 5.69 Å². The quantitative estimate of drug-likeness (QED) is 0.787. The first kappa shape index (κ1) is 15.0. The molecule has 2 heterocycles. The molecule has 0 fully saturated rings. The minimum absolute atomic E-state index is 0.0172. The van der Waals surface area contributed by atoms with Crippen molar-refractivity contribution in [2.75, 3.05) is 4.72 Å². The van der Waals surface area contributed by atoms with Crippen molar-refractivity contribution in [3.05, 3.63) is 60.7 Å². The van der Waals surface area contributed by atoms with Gasteiger partial charge in [0.25, 0.3) is 10.0 Å². The molecule has 3 rings (SSSR count). The first-order chi connectivity index (χ1) is 11.1. The van der Waals surface area contributed by atoms with Crippen LogP contribution in [0, 0.1) is 6.92 Å². The number of hydrogen-bond acceptors (Lipinski definition) is 6. The average Bonchev–Trinajstić information content (AvgIpc) is 2.56. The first-order valence-electron chi connectivity index (χ1n) is 6.75. The normalized spacial score (nSPS) is 11.2. The number of nitrogens with one attached hydrogen (secondary N) is 1. The number of rotatable bonds is 4. The molecule has 0 aliphatic rings. The lowest BCUT2D eigenvalue weighted by molar-refractivity contribution is 0.601. The summed E-state index contributed by atoms with van der Waals surface area (Å²) in [4.78, 5) is 16.7. The number of aromatic nitrogens is 4. The van der Waals surface area contributed by atoms with E-state index >= 15 is 0 Å². The minimum Gasteiger partial charge on any atom is -0.258 e. The summed E-state index contributed by atoms with van der Waals surface area (Å²) in [5.74, 6) is -0.0172. The Kier molecular flexibility index (Phi) is 3.98. The average molecular weight is 327 g/mol. The van der Waals surface area contributed by atoms with E-state index in [1.54, 1.807) is 43.6 Å². The Morgan fingerprint density at radius 2 is 1.65 bits per heavy atom. The van der Waals surface area contributed by atoms with Crippen LogP contribution in [0.5, 0.6) is 0 Å². The van der Waals surface area contributed by atoms with Crippen molar-refractivity contribution in [1.29, 1.82) is 0 Å². The minimum atomic E-state index is -3.73. The molecule has 0 spiro atoms. The predicted molar refractivity (Wildman–Crippen MR) is 85.0 cm³/mol. The van der Waals surface area contributed by atoms with E-state index in [1.165, 1.54) is 18.3 Å². The number of anilines is 1. The van der Waals surface area contributed by atoms with Gasteiger partial charge in [-0.1, -0.05) is 18.2 Å². The van der Waals surface area contributed by atoms with Crippen LogP contribution in [0.1, 0.15) is 5.69 Å². The standard InChI is InChI=1S/C15H13N5O2S/c1-11-14(17-10-9-16-11)13-7-8-18-15(19-13)20-23(21,22)12-5-3-2-4-6-12/h2-10H,1H3,(H,18,19,20). The van der Waals surface area contributed by atoms with Crippen LogP contribution in [0.2, 0.25) is 0 Å². The van der Waals surface area contributed by atoms with E-state index in [0.29, 0.717) is 17.1 Å². The Labute approximate surface area is 133 Å². The maximum absolute atomic E-state index is 12.3. The molecule has 0 aliphatic heterocycles. The molecule has 1 aromatic carbocycles. The molecule has 0 unspecified atom stereocenters. The topological polar surface area (TPSA) is 97.7 Å². The van der Waals surface area contributed by atoms with Gasteiger partial charge >= 0.3 is 0 Å². The summed E-state index contributed by atoms with van der Waals surface area (Å²) < 4.78 is 27.0. The van der Waals surface area contributed by atoms with Gasteiger partial charge in [-0.15, -0.1) is 0 Å². The van der Waals surface area contributed by atoms with Gasteiger partial charge in [0.05, 0.1) is 16.3 Å². The van der Waals surface area contributed by atoms with E-state index in [9.17, 15) is 8.42 Å². The van der Waals surface area contributed by atoms with Crippen LogP contribution in [-0.4, -0.2) is 28.4 Å². The zero-order valence-electron chi connectivity index (χ0n) is 12.2. The van der Waals surface area contributed by atoms with Crippen molar-refractivity contribution in [2.24, 2.45) is 0 Å². The molecule has 0 atom stereocenters. The molecule has 8 heteroatoms. The van der Waals surface area contributed by atoms with Gasteiger partial charge in [-0.2, -0.15) is 0 Å². The Morgan fingerprint density at radius 1 is 0.913 bits per heavy atom. The molecule has 0 aliphatic carbocycles. The Balaban J connectivity index is 1.94. The summed E-state index contributed by atoms with van der Waals surface area (Å²) in [5.41, 5.74) is 1.77. The molecule has 2 aromatic heterocycles. The maximum Gasteiger partial charge on any atom is 0.264 e. The number of benzene rings is 1. The number of nitrogens with zero attached hydrogens (tertiary/aromatic N) is 4. The monoisotopic (exact) mass is 327 g/mol. The highest BCUT2D eigenvalue weighted by molar-refractivity contribution is 7.92. The summed E-state index contributed by atoms with van der Waals surface area (Å²) in [6.45, 7) is 1.80. The summed E-state index contributed by atoms with van der Waals surface area (Å²) in [5, 5.41) is 0. The van der Waals surface area contributed by atoms with E-state index in [2.05, 4.69) is 24.7 Å². The second-order valence-electron chi connectivity index (χ2n) is 4.67. The molecule has 0 saturated carbocycles. The summed E-state index contributed by atoms with van der Waals surface area (Å²) >= 11 is 0. The molecule has 23 heavy (non-hydrogen) atoms. The lowest BCUT2D eigenvalue weighted by atomic mass is 10.2. The van der Waals surface area contributed by atoms with Crippen molar-refractivity contribution < 1.29 is 8.42 Å². The molecule has 0 amide bonds.